The smallest absolute Gasteiger partial charge is 0.344 e. The second-order valence-corrected chi connectivity index (χ2v) is 4.78. The van der Waals surface area contributed by atoms with E-state index in [1.54, 1.807) is 0 Å². The summed E-state index contributed by atoms with van der Waals surface area (Å²) in [5.41, 5.74) is -3.52. The van der Waals surface area contributed by atoms with Crippen molar-refractivity contribution < 1.29 is 18.0 Å². The number of alkyl halides is 3. The van der Waals surface area contributed by atoms with Crippen LogP contribution >= 0.6 is 0 Å². The summed E-state index contributed by atoms with van der Waals surface area (Å²) in [6.07, 6.45) is 0.264. The number of carbonyl (C=O) groups is 1. The molecule has 0 bridgehead atoms. The summed E-state index contributed by atoms with van der Waals surface area (Å²) >= 11 is 0. The molecule has 0 saturated heterocycles. The predicted octanol–water partition coefficient (Wildman–Crippen LogP) is -0.137. The van der Waals surface area contributed by atoms with Crippen LogP contribution in [0.4, 0.5) is 13.2 Å². The van der Waals surface area contributed by atoms with E-state index in [4.69, 9.17) is 6.42 Å². The molecule has 0 aliphatic carbocycles. The van der Waals surface area contributed by atoms with Crippen LogP contribution in [0.25, 0.3) is 11.0 Å². The first-order valence-electron chi connectivity index (χ1n) is 6.54. The lowest BCUT2D eigenvalue weighted by molar-refractivity contribution is -0.141. The molecule has 0 atom stereocenters. The number of terminal acetylenes is 1. The number of nitrogens with one attached hydrogen (secondary N) is 1. The SMILES string of the molecule is C#CCNC(=O)Cn1c(=O)c2ccc(C(F)(F)F)nc2n(C)c1=O. The normalized spacial score (nSPS) is 11.3. The number of aromatic nitrogens is 3. The topological polar surface area (TPSA) is 86.0 Å². The fourth-order valence-electron chi connectivity index (χ4n) is 2.02. The zero-order chi connectivity index (χ0) is 18.1. The van der Waals surface area contributed by atoms with Crippen molar-refractivity contribution in [1.82, 2.24) is 19.4 Å². The molecule has 2 heterocycles. The molecule has 0 spiro atoms. The summed E-state index contributed by atoms with van der Waals surface area (Å²) < 4.78 is 39.5. The Morgan fingerprint density at radius 1 is 1.38 bits per heavy atom. The van der Waals surface area contributed by atoms with Crippen LogP contribution in [-0.2, 0) is 24.6 Å². The van der Waals surface area contributed by atoms with Gasteiger partial charge in [0.1, 0.15) is 17.9 Å². The minimum absolute atomic E-state index is 0.0853. The molecule has 1 N–H and O–H groups in total. The Kier molecular flexibility index (Phi) is 4.45. The van der Waals surface area contributed by atoms with E-state index >= 15 is 0 Å². The second-order valence-electron chi connectivity index (χ2n) is 4.78. The quantitative estimate of drug-likeness (QED) is 0.789. The molecule has 2 rings (SSSR count). The molecule has 0 saturated carbocycles. The first kappa shape index (κ1) is 17.3. The number of aryl methyl sites for hydroxylation is 1. The number of hydrogen-bond donors (Lipinski definition) is 1. The lowest BCUT2D eigenvalue weighted by Crippen LogP contribution is -2.43. The van der Waals surface area contributed by atoms with Crippen molar-refractivity contribution in [2.24, 2.45) is 7.05 Å². The fourth-order valence-corrected chi connectivity index (χ4v) is 2.02. The molecule has 24 heavy (non-hydrogen) atoms. The van der Waals surface area contributed by atoms with Crippen LogP contribution < -0.4 is 16.6 Å². The van der Waals surface area contributed by atoms with Crippen molar-refractivity contribution >= 4 is 16.9 Å². The van der Waals surface area contributed by atoms with Gasteiger partial charge in [0, 0.05) is 7.05 Å². The maximum Gasteiger partial charge on any atom is 0.433 e. The molecule has 0 aromatic carbocycles. The van der Waals surface area contributed by atoms with Crippen molar-refractivity contribution in [3.05, 3.63) is 38.7 Å². The van der Waals surface area contributed by atoms with Gasteiger partial charge in [-0.15, -0.1) is 6.42 Å². The number of fused-ring (bicyclic) bond motifs is 1. The Morgan fingerprint density at radius 3 is 2.62 bits per heavy atom. The fraction of sp³-hybridized carbons (Fsp3) is 0.286. The summed E-state index contributed by atoms with van der Waals surface area (Å²) in [6, 6.07) is 1.56. The first-order valence-corrected chi connectivity index (χ1v) is 6.54. The first-order chi connectivity index (χ1) is 11.2. The number of amides is 1. The Hall–Kier alpha value is -3.09. The monoisotopic (exact) mass is 340 g/mol. The van der Waals surface area contributed by atoms with E-state index in [9.17, 15) is 27.6 Å². The Labute approximate surface area is 132 Å². The van der Waals surface area contributed by atoms with Gasteiger partial charge in [-0.2, -0.15) is 13.2 Å². The van der Waals surface area contributed by atoms with E-state index in [1.807, 2.05) is 0 Å². The lowest BCUT2D eigenvalue weighted by atomic mass is 10.2. The van der Waals surface area contributed by atoms with Crippen molar-refractivity contribution in [3.8, 4) is 12.3 Å². The number of halogens is 3. The average Bonchev–Trinajstić information content (AvgIpc) is 2.53. The van der Waals surface area contributed by atoms with E-state index < -0.39 is 41.2 Å². The van der Waals surface area contributed by atoms with E-state index in [2.05, 4.69) is 16.2 Å². The Bertz CT molecular complexity index is 967. The van der Waals surface area contributed by atoms with E-state index in [-0.39, 0.29) is 11.9 Å². The van der Waals surface area contributed by atoms with Crippen molar-refractivity contribution in [2.45, 2.75) is 12.7 Å². The van der Waals surface area contributed by atoms with Crippen molar-refractivity contribution in [3.63, 3.8) is 0 Å². The van der Waals surface area contributed by atoms with Gasteiger partial charge < -0.3 is 5.32 Å². The maximum atomic E-state index is 12.7. The summed E-state index contributed by atoms with van der Waals surface area (Å²) in [7, 11) is 1.16. The molecular weight excluding hydrogens is 329 g/mol. The van der Waals surface area contributed by atoms with Gasteiger partial charge in [0.25, 0.3) is 5.56 Å². The van der Waals surface area contributed by atoms with Gasteiger partial charge >= 0.3 is 11.9 Å². The molecule has 0 aliphatic heterocycles. The van der Waals surface area contributed by atoms with E-state index in [0.717, 1.165) is 17.7 Å². The third-order valence-electron chi connectivity index (χ3n) is 3.17. The summed E-state index contributed by atoms with van der Waals surface area (Å²) in [5.74, 6) is 1.48. The standard InChI is InChI=1S/C14H11F3N4O3/c1-3-6-18-10(22)7-21-12(23)8-4-5-9(14(15,16)17)19-11(8)20(2)13(21)24/h1,4-5H,6-7H2,2H3,(H,18,22). The van der Waals surface area contributed by atoms with Gasteiger partial charge in [0.15, 0.2) is 0 Å². The second kappa shape index (κ2) is 6.19. The molecule has 7 nitrogen and oxygen atoms in total. The lowest BCUT2D eigenvalue weighted by Gasteiger charge is -2.12. The maximum absolute atomic E-state index is 12.7. The zero-order valence-electron chi connectivity index (χ0n) is 12.3. The van der Waals surface area contributed by atoms with Crippen molar-refractivity contribution in [2.75, 3.05) is 6.54 Å². The number of pyridine rings is 1. The van der Waals surface area contributed by atoms with Crippen LogP contribution in [0.5, 0.6) is 0 Å². The van der Waals surface area contributed by atoms with Gasteiger partial charge in [-0.1, -0.05) is 5.92 Å². The molecule has 10 heteroatoms. The number of nitrogens with zero attached hydrogens (tertiary/aromatic N) is 3. The molecule has 1 amide bonds. The molecule has 0 aliphatic rings. The van der Waals surface area contributed by atoms with Gasteiger partial charge in [0.2, 0.25) is 5.91 Å². The minimum Gasteiger partial charge on any atom is -0.344 e. The van der Waals surface area contributed by atoms with Crippen LogP contribution in [0.3, 0.4) is 0 Å². The highest BCUT2D eigenvalue weighted by molar-refractivity contribution is 5.77. The molecule has 2 aromatic rings. The van der Waals surface area contributed by atoms with Crippen LogP contribution in [0.15, 0.2) is 21.7 Å². The van der Waals surface area contributed by atoms with Crippen LogP contribution in [0.1, 0.15) is 5.69 Å². The minimum atomic E-state index is -4.71. The molecule has 0 radical (unpaired) electrons. The van der Waals surface area contributed by atoms with Crippen molar-refractivity contribution in [1.29, 1.82) is 0 Å². The summed E-state index contributed by atoms with van der Waals surface area (Å²) in [5, 5.41) is 2.07. The largest absolute Gasteiger partial charge is 0.433 e. The third kappa shape index (κ3) is 3.15. The average molecular weight is 340 g/mol. The Balaban J connectivity index is 2.62. The number of rotatable bonds is 3. The summed E-state index contributed by atoms with van der Waals surface area (Å²) in [6.45, 7) is -0.692. The van der Waals surface area contributed by atoms with E-state index in [0.29, 0.717) is 10.6 Å². The third-order valence-corrected chi connectivity index (χ3v) is 3.17. The molecule has 2 aromatic heterocycles. The highest BCUT2D eigenvalue weighted by Gasteiger charge is 2.33. The van der Waals surface area contributed by atoms with Gasteiger partial charge in [-0.05, 0) is 12.1 Å². The predicted molar refractivity (Wildman–Crippen MR) is 78.1 cm³/mol. The van der Waals surface area contributed by atoms with E-state index in [1.165, 1.54) is 0 Å². The molecule has 0 fully saturated rings. The van der Waals surface area contributed by atoms with Crippen LogP contribution in [0.2, 0.25) is 0 Å². The van der Waals surface area contributed by atoms with Crippen LogP contribution in [0, 0.1) is 12.3 Å². The van der Waals surface area contributed by atoms with Gasteiger partial charge in [0.05, 0.1) is 11.9 Å². The van der Waals surface area contributed by atoms with Gasteiger partial charge in [-0.3, -0.25) is 18.7 Å². The van der Waals surface area contributed by atoms with Gasteiger partial charge in [-0.25, -0.2) is 9.78 Å². The molecule has 126 valence electrons. The number of carbonyl (C=O) groups excluding carboxylic acids is 1. The summed E-state index contributed by atoms with van der Waals surface area (Å²) in [4.78, 5) is 39.4. The zero-order valence-corrected chi connectivity index (χ0v) is 12.3. The Morgan fingerprint density at radius 2 is 2.04 bits per heavy atom. The highest BCUT2D eigenvalue weighted by Crippen LogP contribution is 2.28. The molecular formula is C14H11F3N4O3. The number of hydrogen-bond acceptors (Lipinski definition) is 4. The highest BCUT2D eigenvalue weighted by atomic mass is 19.4. The van der Waals surface area contributed by atoms with Crippen LogP contribution in [-0.4, -0.2) is 26.6 Å². The molecule has 0 unspecified atom stereocenters.